The second-order valence-electron chi connectivity index (χ2n) is 8.19. The molecule has 0 atom stereocenters. The molecule has 0 radical (unpaired) electrons. The van der Waals surface area contributed by atoms with E-state index in [-0.39, 0.29) is 5.91 Å². The molecule has 2 aromatic carbocycles. The lowest BCUT2D eigenvalue weighted by atomic mass is 10.1. The van der Waals surface area contributed by atoms with Gasteiger partial charge in [0.15, 0.2) is 5.13 Å². The first-order valence-corrected chi connectivity index (χ1v) is 11.8. The fraction of sp³-hybridized carbons (Fsp3) is 0.440. The Balaban J connectivity index is 1.91. The summed E-state index contributed by atoms with van der Waals surface area (Å²) in [5.41, 5.74) is 4.01. The van der Waals surface area contributed by atoms with Crippen LogP contribution in [-0.2, 0) is 0 Å². The summed E-state index contributed by atoms with van der Waals surface area (Å²) in [4.78, 5) is 22.4. The van der Waals surface area contributed by atoms with Crippen LogP contribution >= 0.6 is 11.3 Å². The summed E-state index contributed by atoms with van der Waals surface area (Å²) < 4.78 is 6.93. The Bertz CT molecular complexity index is 1030. The van der Waals surface area contributed by atoms with Crippen LogP contribution in [0.25, 0.3) is 10.2 Å². The minimum atomic E-state index is -0.0341. The molecular weight excluding hydrogens is 406 g/mol. The maximum absolute atomic E-state index is 13.6. The van der Waals surface area contributed by atoms with Crippen molar-refractivity contribution in [3.8, 4) is 5.75 Å². The number of benzene rings is 2. The average Bonchev–Trinajstić information content (AvgIpc) is 3.18. The van der Waals surface area contributed by atoms with Crippen LogP contribution in [0.1, 0.15) is 47.7 Å². The van der Waals surface area contributed by atoms with Crippen molar-refractivity contribution >= 4 is 32.6 Å². The van der Waals surface area contributed by atoms with Gasteiger partial charge in [-0.1, -0.05) is 36.8 Å². The monoisotopic (exact) mass is 439 g/mol. The van der Waals surface area contributed by atoms with Gasteiger partial charge < -0.3 is 9.64 Å². The van der Waals surface area contributed by atoms with Gasteiger partial charge in [0, 0.05) is 12.1 Å². The Hall–Kier alpha value is -2.44. The van der Waals surface area contributed by atoms with Crippen LogP contribution < -0.4 is 9.64 Å². The second kappa shape index (κ2) is 10.7. The minimum Gasteiger partial charge on any atom is -0.494 e. The number of ether oxygens (including phenoxy) is 1. The molecule has 3 rings (SSSR count). The van der Waals surface area contributed by atoms with Gasteiger partial charge >= 0.3 is 0 Å². The third-order valence-electron chi connectivity index (χ3n) is 5.38. The fourth-order valence-corrected chi connectivity index (χ4v) is 4.42. The molecule has 166 valence electrons. The Labute approximate surface area is 189 Å². The molecule has 1 amide bonds. The molecule has 0 aliphatic rings. The molecular formula is C25H33N3O2S. The zero-order valence-corrected chi connectivity index (χ0v) is 20.1. The highest BCUT2D eigenvalue weighted by molar-refractivity contribution is 7.22. The highest BCUT2D eigenvalue weighted by atomic mass is 32.1. The van der Waals surface area contributed by atoms with Crippen LogP contribution in [0.3, 0.4) is 0 Å². The van der Waals surface area contributed by atoms with Gasteiger partial charge in [-0.15, -0.1) is 0 Å². The summed E-state index contributed by atoms with van der Waals surface area (Å²) in [5.74, 6) is 0.705. The lowest BCUT2D eigenvalue weighted by Crippen LogP contribution is -2.33. The lowest BCUT2D eigenvalue weighted by Gasteiger charge is -2.21. The maximum atomic E-state index is 13.6. The summed E-state index contributed by atoms with van der Waals surface area (Å²) in [6.07, 6.45) is 2.95. The van der Waals surface area contributed by atoms with Crippen LogP contribution in [0, 0.1) is 13.8 Å². The van der Waals surface area contributed by atoms with Crippen molar-refractivity contribution in [2.45, 2.75) is 40.0 Å². The molecule has 5 nitrogen and oxygen atoms in total. The highest BCUT2D eigenvalue weighted by Crippen LogP contribution is 2.33. The van der Waals surface area contributed by atoms with Crippen molar-refractivity contribution in [2.75, 3.05) is 38.7 Å². The quantitative estimate of drug-likeness (QED) is 0.381. The standard InChI is InChI=1S/C25H33N3O2S/c1-6-7-16-30-21-11-8-10-20(17-21)24(29)28(15-9-14-27(4)5)25-26-23-19(3)18(2)12-13-22(23)31-25/h8,10-13,17H,6-7,9,14-16H2,1-5H3. The minimum absolute atomic E-state index is 0.0341. The first kappa shape index (κ1) is 23.2. The number of nitrogens with zero attached hydrogens (tertiary/aromatic N) is 3. The van der Waals surface area contributed by atoms with E-state index in [0.717, 1.165) is 46.9 Å². The van der Waals surface area contributed by atoms with Crippen LogP contribution in [0.15, 0.2) is 36.4 Å². The van der Waals surface area contributed by atoms with Gasteiger partial charge in [-0.3, -0.25) is 9.69 Å². The van der Waals surface area contributed by atoms with Crippen molar-refractivity contribution in [1.29, 1.82) is 0 Å². The molecule has 0 N–H and O–H groups in total. The van der Waals surface area contributed by atoms with E-state index in [9.17, 15) is 4.79 Å². The van der Waals surface area contributed by atoms with Crippen molar-refractivity contribution in [3.63, 3.8) is 0 Å². The first-order chi connectivity index (χ1) is 14.9. The van der Waals surface area contributed by atoms with Crippen LogP contribution in [0.5, 0.6) is 5.75 Å². The average molecular weight is 440 g/mol. The van der Waals surface area contributed by atoms with Gasteiger partial charge in [0.25, 0.3) is 5.91 Å². The van der Waals surface area contributed by atoms with Crippen molar-refractivity contribution < 1.29 is 9.53 Å². The Morgan fingerprint density at radius 3 is 2.65 bits per heavy atom. The maximum Gasteiger partial charge on any atom is 0.260 e. The van der Waals surface area contributed by atoms with E-state index in [1.165, 1.54) is 11.1 Å². The number of thiazole rings is 1. The number of hydrogen-bond donors (Lipinski definition) is 0. The van der Waals surface area contributed by atoms with Crippen LogP contribution in [0.2, 0.25) is 0 Å². The van der Waals surface area contributed by atoms with Gasteiger partial charge in [-0.05, 0) is 82.7 Å². The van der Waals surface area contributed by atoms with E-state index in [1.807, 2.05) is 43.3 Å². The Kier molecular flexibility index (Phi) is 8.04. The van der Waals surface area contributed by atoms with Crippen LogP contribution in [-0.4, -0.2) is 49.6 Å². The number of amides is 1. The molecule has 1 aromatic heterocycles. The number of carbonyl (C=O) groups is 1. The number of unbranched alkanes of at least 4 members (excludes halogenated alkanes) is 1. The van der Waals surface area contributed by atoms with Gasteiger partial charge in [0.2, 0.25) is 0 Å². The largest absolute Gasteiger partial charge is 0.494 e. The van der Waals surface area contributed by atoms with Gasteiger partial charge in [0.1, 0.15) is 5.75 Å². The number of fused-ring (bicyclic) bond motifs is 1. The molecule has 0 unspecified atom stereocenters. The summed E-state index contributed by atoms with van der Waals surface area (Å²) >= 11 is 1.58. The van der Waals surface area contributed by atoms with E-state index >= 15 is 0 Å². The molecule has 0 saturated heterocycles. The molecule has 0 bridgehead atoms. The number of carbonyl (C=O) groups excluding carboxylic acids is 1. The molecule has 0 aliphatic heterocycles. The molecule has 31 heavy (non-hydrogen) atoms. The highest BCUT2D eigenvalue weighted by Gasteiger charge is 2.22. The fourth-order valence-electron chi connectivity index (χ4n) is 3.37. The van der Waals surface area contributed by atoms with Crippen molar-refractivity contribution in [2.24, 2.45) is 0 Å². The van der Waals surface area contributed by atoms with E-state index in [4.69, 9.17) is 9.72 Å². The third-order valence-corrected chi connectivity index (χ3v) is 6.43. The van der Waals surface area contributed by atoms with E-state index < -0.39 is 0 Å². The Morgan fingerprint density at radius 2 is 1.90 bits per heavy atom. The first-order valence-electron chi connectivity index (χ1n) is 11.0. The van der Waals surface area contributed by atoms with Gasteiger partial charge in [-0.2, -0.15) is 0 Å². The zero-order valence-electron chi connectivity index (χ0n) is 19.3. The van der Waals surface area contributed by atoms with Gasteiger partial charge in [-0.25, -0.2) is 4.98 Å². The van der Waals surface area contributed by atoms with E-state index in [0.29, 0.717) is 18.7 Å². The summed E-state index contributed by atoms with van der Waals surface area (Å²) in [7, 11) is 4.10. The number of anilines is 1. The summed E-state index contributed by atoms with van der Waals surface area (Å²) in [5, 5.41) is 0.754. The van der Waals surface area contributed by atoms with E-state index in [1.54, 1.807) is 11.3 Å². The van der Waals surface area contributed by atoms with Gasteiger partial charge in [0.05, 0.1) is 16.8 Å². The summed E-state index contributed by atoms with van der Waals surface area (Å²) in [6.45, 7) is 8.52. The predicted molar refractivity (Wildman–Crippen MR) is 131 cm³/mol. The predicted octanol–water partition coefficient (Wildman–Crippen LogP) is 5.69. The number of hydrogen-bond acceptors (Lipinski definition) is 5. The molecule has 0 fully saturated rings. The topological polar surface area (TPSA) is 45.7 Å². The third kappa shape index (κ3) is 5.83. The molecule has 0 saturated carbocycles. The molecule has 0 aliphatic carbocycles. The summed E-state index contributed by atoms with van der Waals surface area (Å²) in [6, 6.07) is 11.7. The molecule has 6 heteroatoms. The SMILES string of the molecule is CCCCOc1cccc(C(=O)N(CCCN(C)C)c2nc3c(C)c(C)ccc3s2)c1. The molecule has 1 heterocycles. The lowest BCUT2D eigenvalue weighted by molar-refractivity contribution is 0.0985. The number of aryl methyl sites for hydroxylation is 2. The van der Waals surface area contributed by atoms with Crippen molar-refractivity contribution in [3.05, 3.63) is 53.1 Å². The smallest absolute Gasteiger partial charge is 0.260 e. The molecule has 3 aromatic rings. The second-order valence-corrected chi connectivity index (χ2v) is 9.20. The normalized spacial score (nSPS) is 11.3. The van der Waals surface area contributed by atoms with Crippen molar-refractivity contribution in [1.82, 2.24) is 9.88 Å². The molecule has 0 spiro atoms. The number of aromatic nitrogens is 1. The van der Waals surface area contributed by atoms with E-state index in [2.05, 4.69) is 37.8 Å². The zero-order chi connectivity index (χ0) is 22.4. The van der Waals surface area contributed by atoms with Crippen LogP contribution in [0.4, 0.5) is 5.13 Å². The Morgan fingerprint density at radius 1 is 1.10 bits per heavy atom. The number of rotatable bonds is 10.